The molecule has 3 aliphatic rings. The van der Waals surface area contributed by atoms with Crippen molar-refractivity contribution in [3.63, 3.8) is 0 Å². The smallest absolute Gasteiger partial charge is 0.0638 e. The van der Waals surface area contributed by atoms with E-state index in [0.717, 1.165) is 68.3 Å². The van der Waals surface area contributed by atoms with Gasteiger partial charge in [0.2, 0.25) is 0 Å². The summed E-state index contributed by atoms with van der Waals surface area (Å²) in [5.41, 5.74) is 17.4. The number of nitrogens with zero attached hydrogens (tertiary/aromatic N) is 3. The van der Waals surface area contributed by atoms with Crippen molar-refractivity contribution in [2.24, 2.45) is 20.7 Å². The zero-order chi connectivity index (χ0) is 37.9. The molecule has 0 saturated heterocycles. The number of allylic oxidation sites excluding steroid dienone is 6. The Morgan fingerprint density at radius 2 is 0.643 bits per heavy atom. The summed E-state index contributed by atoms with van der Waals surface area (Å²) >= 11 is 0. The van der Waals surface area contributed by atoms with Crippen molar-refractivity contribution in [3.8, 4) is 0 Å². The van der Waals surface area contributed by atoms with Crippen LogP contribution in [0.15, 0.2) is 215 Å². The topological polar surface area (TPSA) is 111 Å². The van der Waals surface area contributed by atoms with Crippen LogP contribution in [0, 0.1) is 0 Å². The highest BCUT2D eigenvalue weighted by atomic mass is 14.9. The molecule has 8 nitrogen and oxygen atoms in total. The van der Waals surface area contributed by atoms with Gasteiger partial charge in [-0.25, -0.2) is 15.0 Å². The first-order valence-corrected chi connectivity index (χ1v) is 18.7. The number of para-hydroxylation sites is 1. The molecule has 0 aromatic heterocycles. The van der Waals surface area contributed by atoms with Crippen LogP contribution >= 0.6 is 0 Å². The first-order chi connectivity index (χ1) is 27.5. The molecule has 0 unspecified atom stereocenters. The van der Waals surface area contributed by atoms with Crippen LogP contribution in [0.1, 0.15) is 0 Å². The van der Waals surface area contributed by atoms with Gasteiger partial charge in [0, 0.05) is 40.2 Å². The summed E-state index contributed by atoms with van der Waals surface area (Å²) in [6.45, 7) is 0. The van der Waals surface area contributed by atoms with Gasteiger partial charge in [-0.2, -0.15) is 0 Å². The Morgan fingerprint density at radius 1 is 0.339 bits per heavy atom. The number of nitrogens with one attached hydrogen (secondary N) is 4. The summed E-state index contributed by atoms with van der Waals surface area (Å²) in [7, 11) is 0. The number of rotatable bonds is 11. The number of anilines is 6. The summed E-state index contributed by atoms with van der Waals surface area (Å²) in [6, 6.07) is 42.9. The molecule has 0 aliphatic heterocycles. The lowest BCUT2D eigenvalue weighted by atomic mass is 10.1. The molecule has 0 bridgehead atoms. The number of aliphatic imine (C=N–C) groups is 3. The van der Waals surface area contributed by atoms with Crippen LogP contribution < -0.4 is 27.0 Å². The van der Waals surface area contributed by atoms with Crippen LogP contribution in [-0.4, -0.2) is 35.3 Å². The van der Waals surface area contributed by atoms with Crippen molar-refractivity contribution in [2.75, 3.05) is 21.3 Å². The van der Waals surface area contributed by atoms with Crippen LogP contribution in [0.3, 0.4) is 0 Å². The van der Waals surface area contributed by atoms with E-state index in [4.69, 9.17) is 15.7 Å². The van der Waals surface area contributed by atoms with Crippen LogP contribution in [0.5, 0.6) is 0 Å². The van der Waals surface area contributed by atoms with Gasteiger partial charge in [0.15, 0.2) is 0 Å². The second-order valence-electron chi connectivity index (χ2n) is 13.5. The van der Waals surface area contributed by atoms with E-state index in [0.29, 0.717) is 0 Å². The lowest BCUT2D eigenvalue weighted by Crippen LogP contribution is -2.17. The molecular formula is C48H42N8. The van der Waals surface area contributed by atoms with Crippen molar-refractivity contribution in [1.29, 1.82) is 0 Å². The van der Waals surface area contributed by atoms with E-state index >= 15 is 0 Å². The van der Waals surface area contributed by atoms with Gasteiger partial charge in [0.05, 0.1) is 46.3 Å². The number of benzene rings is 5. The van der Waals surface area contributed by atoms with E-state index in [1.807, 2.05) is 127 Å². The van der Waals surface area contributed by atoms with E-state index in [2.05, 4.69) is 99.1 Å². The highest BCUT2D eigenvalue weighted by molar-refractivity contribution is 6.07. The van der Waals surface area contributed by atoms with Gasteiger partial charge < -0.3 is 27.0 Å². The average molecular weight is 731 g/mol. The lowest BCUT2D eigenvalue weighted by Gasteiger charge is -2.16. The highest BCUT2D eigenvalue weighted by Crippen LogP contribution is 2.25. The Morgan fingerprint density at radius 3 is 1.02 bits per heavy atom. The molecule has 0 atom stereocenters. The molecule has 274 valence electrons. The molecule has 5 aromatic rings. The maximum Gasteiger partial charge on any atom is 0.0638 e. The SMILES string of the molecule is NC1C=CC(=Nc2ccc(NC3C=CC(=Nc4ccc(NC5C=CC(=Nc6ccc(Nc7ccc(Nc8ccccc8)cc7)cc6)C=C5)cc4)C=C3)cc2)C=C1. The zero-order valence-corrected chi connectivity index (χ0v) is 30.7. The standard InChI is InChI=1S/C48H42N8/c49-34-6-8-36(9-7-34)51-38-14-16-40(17-15-38)53-42-22-24-44(25-23-42)55-46-30-32-48(33-31-46)56-47-28-26-45(27-29-47)54-43-20-18-41(19-21-43)52-39-12-10-37(11-13-39)50-35-4-2-1-3-5-35/h1-34,42,47,50,52-53,56H,49H2. The predicted molar refractivity (Wildman–Crippen MR) is 238 cm³/mol. The molecule has 8 heteroatoms. The molecular weight excluding hydrogens is 689 g/mol. The summed E-state index contributed by atoms with van der Waals surface area (Å²) < 4.78 is 0. The minimum atomic E-state index is -0.0365. The van der Waals surface area contributed by atoms with E-state index in [9.17, 15) is 0 Å². The molecule has 3 aliphatic carbocycles. The molecule has 6 N–H and O–H groups in total. The van der Waals surface area contributed by atoms with Crippen molar-refractivity contribution in [3.05, 3.63) is 200 Å². The Labute approximate surface area is 327 Å². The minimum Gasteiger partial charge on any atom is -0.375 e. The molecule has 5 aromatic carbocycles. The van der Waals surface area contributed by atoms with Gasteiger partial charge in [-0.1, -0.05) is 54.7 Å². The summed E-state index contributed by atoms with van der Waals surface area (Å²) in [5, 5.41) is 14.0. The number of nitrogens with two attached hydrogens (primary N) is 1. The lowest BCUT2D eigenvalue weighted by molar-refractivity contribution is 1.03. The molecule has 0 spiro atoms. The van der Waals surface area contributed by atoms with Gasteiger partial charge in [-0.05, 0) is 146 Å². The van der Waals surface area contributed by atoms with Gasteiger partial charge in [-0.15, -0.1) is 0 Å². The second-order valence-corrected chi connectivity index (χ2v) is 13.5. The third-order valence-electron chi connectivity index (χ3n) is 9.15. The summed E-state index contributed by atoms with van der Waals surface area (Å²) in [5.74, 6) is 0. The predicted octanol–water partition coefficient (Wildman–Crippen LogP) is 11.1. The summed E-state index contributed by atoms with van der Waals surface area (Å²) in [4.78, 5) is 14.3. The Bertz CT molecular complexity index is 2350. The molecule has 56 heavy (non-hydrogen) atoms. The quantitative estimate of drug-likeness (QED) is 0.0929. The maximum atomic E-state index is 5.86. The van der Waals surface area contributed by atoms with Crippen LogP contribution in [0.2, 0.25) is 0 Å². The molecule has 8 rings (SSSR count). The van der Waals surface area contributed by atoms with Crippen molar-refractivity contribution in [1.82, 2.24) is 0 Å². The third kappa shape index (κ3) is 10.0. The normalized spacial score (nSPS) is 18.1. The average Bonchev–Trinajstić information content (AvgIpc) is 3.23. The van der Waals surface area contributed by atoms with Gasteiger partial charge in [0.1, 0.15) is 0 Å². The fourth-order valence-electron chi connectivity index (χ4n) is 6.21. The van der Waals surface area contributed by atoms with Crippen LogP contribution in [-0.2, 0) is 0 Å². The van der Waals surface area contributed by atoms with E-state index in [1.54, 1.807) is 0 Å². The zero-order valence-electron chi connectivity index (χ0n) is 30.7. The van der Waals surface area contributed by atoms with Crippen molar-refractivity contribution < 1.29 is 0 Å². The summed E-state index contributed by atoms with van der Waals surface area (Å²) in [6.07, 6.45) is 24.4. The fraction of sp³-hybridized carbons (Fsp3) is 0.0625. The van der Waals surface area contributed by atoms with Crippen LogP contribution in [0.4, 0.5) is 51.2 Å². The first-order valence-electron chi connectivity index (χ1n) is 18.7. The number of hydrogen-bond donors (Lipinski definition) is 5. The first kappa shape index (κ1) is 35.7. The second kappa shape index (κ2) is 17.2. The molecule has 0 amide bonds. The van der Waals surface area contributed by atoms with Crippen LogP contribution in [0.25, 0.3) is 0 Å². The van der Waals surface area contributed by atoms with Crippen molar-refractivity contribution in [2.45, 2.75) is 18.1 Å². The Hall–Kier alpha value is -7.29. The van der Waals surface area contributed by atoms with E-state index in [-0.39, 0.29) is 18.1 Å². The van der Waals surface area contributed by atoms with Gasteiger partial charge >= 0.3 is 0 Å². The largest absolute Gasteiger partial charge is 0.375 e. The Kier molecular flexibility index (Phi) is 11.0. The van der Waals surface area contributed by atoms with E-state index in [1.165, 1.54) is 0 Å². The third-order valence-corrected chi connectivity index (χ3v) is 9.15. The molecule has 0 heterocycles. The molecule has 0 fully saturated rings. The Balaban J connectivity index is 0.781. The number of hydrogen-bond acceptors (Lipinski definition) is 8. The molecule has 0 saturated carbocycles. The molecule has 0 radical (unpaired) electrons. The monoisotopic (exact) mass is 730 g/mol. The fourth-order valence-corrected chi connectivity index (χ4v) is 6.21. The minimum absolute atomic E-state index is 0.0365. The maximum absolute atomic E-state index is 5.86. The van der Waals surface area contributed by atoms with Crippen molar-refractivity contribution >= 4 is 68.3 Å². The van der Waals surface area contributed by atoms with Gasteiger partial charge in [-0.3, -0.25) is 0 Å². The van der Waals surface area contributed by atoms with Gasteiger partial charge in [0.25, 0.3) is 0 Å². The van der Waals surface area contributed by atoms with E-state index < -0.39 is 0 Å². The highest BCUT2D eigenvalue weighted by Gasteiger charge is 2.09.